The van der Waals surface area contributed by atoms with E-state index in [2.05, 4.69) is 40.6 Å². The van der Waals surface area contributed by atoms with Crippen LogP contribution in [0.1, 0.15) is 50.5 Å². The van der Waals surface area contributed by atoms with Crippen molar-refractivity contribution >= 4 is 0 Å². The number of fused-ring (bicyclic) bond motifs is 1. The second kappa shape index (κ2) is 8.58. The monoisotopic (exact) mass is 354 g/mol. The van der Waals surface area contributed by atoms with Crippen LogP contribution in [0, 0.1) is 5.92 Å². The van der Waals surface area contributed by atoms with Crippen LogP contribution in [-0.4, -0.2) is 48.1 Å². The van der Waals surface area contributed by atoms with E-state index in [9.17, 15) is 0 Å². The van der Waals surface area contributed by atoms with Crippen molar-refractivity contribution in [2.45, 2.75) is 63.6 Å². The summed E-state index contributed by atoms with van der Waals surface area (Å²) in [6, 6.07) is 10.1. The third-order valence-electron chi connectivity index (χ3n) is 6.74. The maximum Gasteiger partial charge on any atom is 0.124 e. The molecule has 0 unspecified atom stereocenters. The van der Waals surface area contributed by atoms with Crippen LogP contribution < -0.4 is 4.74 Å². The quantitative estimate of drug-likeness (QED) is 0.701. The molecule has 142 valence electrons. The molecule has 0 spiro atoms. The zero-order valence-corrected chi connectivity index (χ0v) is 16.1. The van der Waals surface area contributed by atoms with Gasteiger partial charge in [0.15, 0.2) is 0 Å². The Hall–Kier alpha value is -1.32. The predicted octanol–water partition coefficient (Wildman–Crippen LogP) is 4.48. The minimum atomic E-state index is 0.583. The molecule has 26 heavy (non-hydrogen) atoms. The van der Waals surface area contributed by atoms with Crippen molar-refractivity contribution in [3.05, 3.63) is 42.5 Å². The second-order valence-corrected chi connectivity index (χ2v) is 8.31. The highest BCUT2D eigenvalue weighted by atomic mass is 16.5. The lowest BCUT2D eigenvalue weighted by atomic mass is 9.78. The Bertz CT molecular complexity index is 596. The summed E-state index contributed by atoms with van der Waals surface area (Å²) in [5.41, 5.74) is 1.33. The maximum atomic E-state index is 5.94. The van der Waals surface area contributed by atoms with Crippen molar-refractivity contribution in [2.75, 3.05) is 26.2 Å². The molecule has 2 atom stereocenters. The van der Waals surface area contributed by atoms with Crippen LogP contribution in [0.5, 0.6) is 5.75 Å². The van der Waals surface area contributed by atoms with Crippen LogP contribution in [0.4, 0.5) is 0 Å². The van der Waals surface area contributed by atoms with E-state index in [0.717, 1.165) is 30.3 Å². The van der Waals surface area contributed by atoms with Gasteiger partial charge >= 0.3 is 0 Å². The first-order valence-electron chi connectivity index (χ1n) is 10.7. The first-order chi connectivity index (χ1) is 12.9. The van der Waals surface area contributed by atoms with Crippen molar-refractivity contribution < 1.29 is 4.74 Å². The van der Waals surface area contributed by atoms with Gasteiger partial charge in [-0.1, -0.05) is 50.1 Å². The van der Waals surface area contributed by atoms with Gasteiger partial charge in [-0.15, -0.1) is 0 Å². The highest BCUT2D eigenvalue weighted by molar-refractivity contribution is 5.33. The molecule has 2 heterocycles. The van der Waals surface area contributed by atoms with E-state index in [-0.39, 0.29) is 0 Å². The third-order valence-corrected chi connectivity index (χ3v) is 6.74. The standard InChI is InChI=1S/C23H34N2O/c1-2-17-26-22-13-7-6-11-20(22)18-25-16-15-24-14-8-12-21(24)23(25)19-9-4-3-5-10-19/h2,6-7,11,13,19,21,23H,1,3-5,8-10,12,14-18H2/t21-,23+/m0/s1. The molecule has 1 saturated carbocycles. The Labute approximate surface area is 159 Å². The molecular formula is C23H34N2O. The summed E-state index contributed by atoms with van der Waals surface area (Å²) < 4.78 is 5.94. The van der Waals surface area contributed by atoms with Gasteiger partial charge in [-0.2, -0.15) is 0 Å². The summed E-state index contributed by atoms with van der Waals surface area (Å²) >= 11 is 0. The van der Waals surface area contributed by atoms with Crippen LogP contribution in [0.25, 0.3) is 0 Å². The maximum absolute atomic E-state index is 5.94. The van der Waals surface area contributed by atoms with Crippen molar-refractivity contribution in [1.82, 2.24) is 9.80 Å². The topological polar surface area (TPSA) is 15.7 Å². The molecule has 0 bridgehead atoms. The number of benzene rings is 1. The summed E-state index contributed by atoms with van der Waals surface area (Å²) in [4.78, 5) is 5.59. The Balaban J connectivity index is 1.54. The molecule has 2 aliphatic heterocycles. The van der Waals surface area contributed by atoms with Gasteiger partial charge < -0.3 is 4.74 Å². The molecule has 3 nitrogen and oxygen atoms in total. The van der Waals surface area contributed by atoms with Crippen LogP contribution >= 0.6 is 0 Å². The largest absolute Gasteiger partial charge is 0.489 e. The summed E-state index contributed by atoms with van der Waals surface area (Å²) in [7, 11) is 0. The van der Waals surface area contributed by atoms with Gasteiger partial charge in [0.1, 0.15) is 12.4 Å². The molecule has 0 radical (unpaired) electrons. The fraction of sp³-hybridized carbons (Fsp3) is 0.652. The van der Waals surface area contributed by atoms with Crippen LogP contribution in [0.2, 0.25) is 0 Å². The Morgan fingerprint density at radius 2 is 1.85 bits per heavy atom. The predicted molar refractivity (Wildman–Crippen MR) is 108 cm³/mol. The van der Waals surface area contributed by atoms with Crippen molar-refractivity contribution in [3.63, 3.8) is 0 Å². The van der Waals surface area contributed by atoms with E-state index < -0.39 is 0 Å². The van der Waals surface area contributed by atoms with Gasteiger partial charge in [-0.3, -0.25) is 9.80 Å². The number of para-hydroxylation sites is 1. The van der Waals surface area contributed by atoms with E-state index in [1.54, 1.807) is 0 Å². The smallest absolute Gasteiger partial charge is 0.124 e. The first kappa shape index (κ1) is 18.1. The van der Waals surface area contributed by atoms with Gasteiger partial charge in [0.05, 0.1) is 0 Å². The van der Waals surface area contributed by atoms with E-state index in [4.69, 9.17) is 4.74 Å². The first-order valence-corrected chi connectivity index (χ1v) is 10.7. The molecule has 0 aromatic heterocycles. The van der Waals surface area contributed by atoms with Crippen molar-refractivity contribution in [2.24, 2.45) is 5.92 Å². The normalized spacial score (nSPS) is 28.0. The van der Waals surface area contributed by atoms with E-state index in [1.165, 1.54) is 70.1 Å². The van der Waals surface area contributed by atoms with Gasteiger partial charge in [-0.05, 0) is 44.2 Å². The van der Waals surface area contributed by atoms with Crippen LogP contribution in [-0.2, 0) is 6.54 Å². The molecule has 4 rings (SSSR count). The zero-order valence-electron chi connectivity index (χ0n) is 16.1. The van der Waals surface area contributed by atoms with Gasteiger partial charge in [0.2, 0.25) is 0 Å². The SMILES string of the molecule is C=CCOc1ccccc1CN1CCN2CCC[C@H]2[C@H]1C1CCCCC1. The lowest BCUT2D eigenvalue weighted by Gasteiger charge is -2.49. The van der Waals surface area contributed by atoms with Gasteiger partial charge in [0.25, 0.3) is 0 Å². The number of hydrogen-bond acceptors (Lipinski definition) is 3. The molecule has 3 fully saturated rings. The minimum absolute atomic E-state index is 0.583. The minimum Gasteiger partial charge on any atom is -0.489 e. The number of piperazine rings is 1. The van der Waals surface area contributed by atoms with E-state index in [0.29, 0.717) is 6.61 Å². The molecule has 1 aromatic carbocycles. The molecule has 3 aliphatic rings. The summed E-state index contributed by atoms with van der Waals surface area (Å²) in [6.45, 7) is 9.16. The lowest BCUT2D eigenvalue weighted by molar-refractivity contribution is -0.00416. The highest BCUT2D eigenvalue weighted by Gasteiger charge is 2.43. The number of ether oxygens (including phenoxy) is 1. The van der Waals surface area contributed by atoms with E-state index in [1.807, 2.05) is 6.08 Å². The summed E-state index contributed by atoms with van der Waals surface area (Å²) in [6.07, 6.45) is 11.8. The summed E-state index contributed by atoms with van der Waals surface area (Å²) in [5, 5.41) is 0. The fourth-order valence-corrected chi connectivity index (χ4v) is 5.58. The van der Waals surface area contributed by atoms with Gasteiger partial charge in [-0.25, -0.2) is 0 Å². The van der Waals surface area contributed by atoms with Crippen molar-refractivity contribution in [3.8, 4) is 5.75 Å². The van der Waals surface area contributed by atoms with Crippen LogP contribution in [0.15, 0.2) is 36.9 Å². The zero-order chi connectivity index (χ0) is 17.8. The van der Waals surface area contributed by atoms with Gasteiger partial charge in [0, 0.05) is 37.3 Å². The number of hydrogen-bond donors (Lipinski definition) is 0. The number of nitrogens with zero attached hydrogens (tertiary/aromatic N) is 2. The molecular weight excluding hydrogens is 320 g/mol. The summed E-state index contributed by atoms with van der Waals surface area (Å²) in [5.74, 6) is 1.92. The Morgan fingerprint density at radius 3 is 2.69 bits per heavy atom. The third kappa shape index (κ3) is 3.84. The Kier molecular flexibility index (Phi) is 5.96. The molecule has 1 aromatic rings. The average molecular weight is 355 g/mol. The molecule has 0 N–H and O–H groups in total. The fourth-order valence-electron chi connectivity index (χ4n) is 5.58. The Morgan fingerprint density at radius 1 is 1.00 bits per heavy atom. The lowest BCUT2D eigenvalue weighted by Crippen LogP contribution is -2.59. The number of rotatable bonds is 6. The molecule has 0 amide bonds. The van der Waals surface area contributed by atoms with Crippen LogP contribution in [0.3, 0.4) is 0 Å². The second-order valence-electron chi connectivity index (χ2n) is 8.31. The highest BCUT2D eigenvalue weighted by Crippen LogP contribution is 2.38. The van der Waals surface area contributed by atoms with E-state index >= 15 is 0 Å². The molecule has 3 heteroatoms. The average Bonchev–Trinajstić information content (AvgIpc) is 3.16. The molecule has 1 aliphatic carbocycles. The van der Waals surface area contributed by atoms with Crippen molar-refractivity contribution in [1.29, 1.82) is 0 Å². The molecule has 2 saturated heterocycles.